The number of aliphatic imine (C=N–C) groups is 1. The number of halogens is 1. The number of nitrogens with one attached hydrogen (secondary N) is 2. The molecule has 2 N–H and O–H groups in total. The zero-order valence-electron chi connectivity index (χ0n) is 17.9. The number of likely N-dealkylation sites (tertiary alicyclic amines) is 1. The van der Waals surface area contributed by atoms with Crippen LogP contribution in [0.3, 0.4) is 0 Å². The lowest BCUT2D eigenvalue weighted by atomic mass is 10.1. The molecule has 8 heteroatoms. The van der Waals surface area contributed by atoms with Crippen molar-refractivity contribution in [1.29, 1.82) is 0 Å². The van der Waals surface area contributed by atoms with Gasteiger partial charge in [-0.05, 0) is 36.1 Å². The first kappa shape index (κ1) is 21.4. The summed E-state index contributed by atoms with van der Waals surface area (Å²) in [6, 6.07) is 12.3. The van der Waals surface area contributed by atoms with Crippen molar-refractivity contribution in [2.75, 3.05) is 31.6 Å². The van der Waals surface area contributed by atoms with Crippen LogP contribution in [0.2, 0.25) is 5.02 Å². The summed E-state index contributed by atoms with van der Waals surface area (Å²) in [6.07, 6.45) is 4.38. The molecule has 164 valence electrons. The molecule has 0 aliphatic carbocycles. The first-order valence-electron chi connectivity index (χ1n) is 10.8. The minimum Gasteiger partial charge on any atom is -0.353 e. The van der Waals surface area contributed by atoms with E-state index < -0.39 is 0 Å². The van der Waals surface area contributed by atoms with E-state index in [0.717, 1.165) is 44.3 Å². The van der Waals surface area contributed by atoms with Crippen molar-refractivity contribution in [3.8, 4) is 0 Å². The summed E-state index contributed by atoms with van der Waals surface area (Å²) >= 11 is 6.30. The van der Waals surface area contributed by atoms with Crippen molar-refractivity contribution in [1.82, 2.24) is 20.5 Å². The number of nitrogens with zero attached hydrogens (tertiary/aromatic N) is 4. The van der Waals surface area contributed by atoms with E-state index in [4.69, 9.17) is 11.6 Å². The second-order valence-corrected chi connectivity index (χ2v) is 8.41. The number of carbonyl (C=O) groups is 1. The molecule has 0 saturated carbocycles. The molecule has 4 rings (SSSR count). The number of amides is 1. The largest absolute Gasteiger partial charge is 0.353 e. The summed E-state index contributed by atoms with van der Waals surface area (Å²) in [7, 11) is 1.78. The molecule has 31 heavy (non-hydrogen) atoms. The molecule has 2 saturated heterocycles. The number of guanidine groups is 1. The molecule has 1 atom stereocenters. The molecule has 0 bridgehead atoms. The van der Waals surface area contributed by atoms with E-state index in [-0.39, 0.29) is 11.9 Å². The fourth-order valence-electron chi connectivity index (χ4n) is 4.21. The fraction of sp³-hybridized carbons (Fsp3) is 0.435. The van der Waals surface area contributed by atoms with Crippen molar-refractivity contribution in [2.45, 2.75) is 38.4 Å². The Kier molecular flexibility index (Phi) is 6.92. The lowest BCUT2D eigenvalue weighted by Gasteiger charge is -2.21. The molecule has 0 spiro atoms. The van der Waals surface area contributed by atoms with Gasteiger partial charge in [0.05, 0.1) is 5.02 Å². The molecule has 2 aromatic rings. The minimum absolute atomic E-state index is 0.249. The lowest BCUT2D eigenvalue weighted by Crippen LogP contribution is -2.44. The maximum Gasteiger partial charge on any atom is 0.222 e. The van der Waals surface area contributed by atoms with Crippen molar-refractivity contribution < 1.29 is 4.79 Å². The Morgan fingerprint density at radius 3 is 2.81 bits per heavy atom. The van der Waals surface area contributed by atoms with Gasteiger partial charge in [-0.15, -0.1) is 0 Å². The molecule has 1 aromatic carbocycles. The molecular weight excluding hydrogens is 412 g/mol. The van der Waals surface area contributed by atoms with Gasteiger partial charge in [-0.25, -0.2) is 4.98 Å². The molecule has 1 unspecified atom stereocenters. The summed E-state index contributed by atoms with van der Waals surface area (Å²) in [5.41, 5.74) is 2.36. The van der Waals surface area contributed by atoms with Gasteiger partial charge in [0, 0.05) is 58.4 Å². The topological polar surface area (TPSA) is 72.9 Å². The number of carbonyl (C=O) groups excluding carboxylic acids is 1. The Bertz CT molecular complexity index is 949. The zero-order valence-corrected chi connectivity index (χ0v) is 18.6. The van der Waals surface area contributed by atoms with Crippen LogP contribution in [0.1, 0.15) is 30.4 Å². The molecule has 7 nitrogen and oxygen atoms in total. The highest BCUT2D eigenvalue weighted by atomic mass is 35.5. The van der Waals surface area contributed by atoms with Crippen LogP contribution < -0.4 is 15.5 Å². The van der Waals surface area contributed by atoms with Crippen LogP contribution in [-0.2, 0) is 17.9 Å². The van der Waals surface area contributed by atoms with Crippen molar-refractivity contribution in [3.05, 3.63) is 58.7 Å². The second kappa shape index (κ2) is 10.0. The van der Waals surface area contributed by atoms with Crippen molar-refractivity contribution in [3.63, 3.8) is 0 Å². The van der Waals surface area contributed by atoms with E-state index in [1.165, 1.54) is 11.1 Å². The molecule has 2 aliphatic rings. The van der Waals surface area contributed by atoms with Gasteiger partial charge in [-0.1, -0.05) is 35.9 Å². The third kappa shape index (κ3) is 5.28. The molecule has 3 heterocycles. The van der Waals surface area contributed by atoms with Gasteiger partial charge in [0.2, 0.25) is 5.91 Å². The van der Waals surface area contributed by atoms with Crippen molar-refractivity contribution in [2.24, 2.45) is 4.99 Å². The van der Waals surface area contributed by atoms with Crippen LogP contribution in [0.25, 0.3) is 0 Å². The third-order valence-electron chi connectivity index (χ3n) is 5.89. The average Bonchev–Trinajstić information content (AvgIpc) is 3.41. The predicted molar refractivity (Wildman–Crippen MR) is 124 cm³/mol. The predicted octanol–water partition coefficient (Wildman–Crippen LogP) is 2.80. The van der Waals surface area contributed by atoms with Gasteiger partial charge >= 0.3 is 0 Å². The SMILES string of the molecule is CN=C(NCc1ccccc1CN1CCCC1=O)NC1CCN(c2ncccc2Cl)C1. The number of aromatic nitrogens is 1. The highest BCUT2D eigenvalue weighted by Crippen LogP contribution is 2.25. The number of benzene rings is 1. The van der Waals surface area contributed by atoms with Crippen LogP contribution in [0.4, 0.5) is 5.82 Å². The van der Waals surface area contributed by atoms with Crippen LogP contribution in [0.15, 0.2) is 47.6 Å². The van der Waals surface area contributed by atoms with Crippen molar-refractivity contribution >= 4 is 29.3 Å². The average molecular weight is 441 g/mol. The normalized spacial score (nSPS) is 19.2. The zero-order chi connectivity index (χ0) is 21.6. The fourth-order valence-corrected chi connectivity index (χ4v) is 4.45. The van der Waals surface area contributed by atoms with Gasteiger partial charge in [0.1, 0.15) is 5.82 Å². The van der Waals surface area contributed by atoms with E-state index >= 15 is 0 Å². The summed E-state index contributed by atoms with van der Waals surface area (Å²) in [5, 5.41) is 7.63. The Labute approximate surface area is 188 Å². The Morgan fingerprint density at radius 1 is 1.23 bits per heavy atom. The van der Waals surface area contributed by atoms with Crippen LogP contribution >= 0.6 is 11.6 Å². The minimum atomic E-state index is 0.249. The highest BCUT2D eigenvalue weighted by molar-refractivity contribution is 6.32. The second-order valence-electron chi connectivity index (χ2n) is 8.00. The summed E-state index contributed by atoms with van der Waals surface area (Å²) in [5.74, 6) is 1.85. The van der Waals surface area contributed by atoms with Gasteiger partial charge in [-0.3, -0.25) is 9.79 Å². The molecule has 1 amide bonds. The van der Waals surface area contributed by atoms with E-state index in [9.17, 15) is 4.79 Å². The summed E-state index contributed by atoms with van der Waals surface area (Å²) in [6.45, 7) is 3.90. The first-order chi connectivity index (χ1) is 15.1. The number of anilines is 1. The number of rotatable bonds is 6. The van der Waals surface area contributed by atoms with Gasteiger partial charge in [0.15, 0.2) is 5.96 Å². The van der Waals surface area contributed by atoms with E-state index in [2.05, 4.69) is 37.6 Å². The standard InChI is InChI=1S/C23H29ClN6O/c1-25-23(28-19-10-13-30(16-19)22-20(24)8-4-11-26-22)27-14-17-6-2-3-7-18(17)15-29-12-5-9-21(29)31/h2-4,6-8,11,19H,5,9-10,12-16H2,1H3,(H2,25,27,28). The van der Waals surface area contributed by atoms with E-state index in [1.54, 1.807) is 13.2 Å². The lowest BCUT2D eigenvalue weighted by molar-refractivity contribution is -0.128. The summed E-state index contributed by atoms with van der Waals surface area (Å²) < 4.78 is 0. The van der Waals surface area contributed by atoms with E-state index in [1.807, 2.05) is 29.2 Å². The Hall–Kier alpha value is -2.80. The summed E-state index contributed by atoms with van der Waals surface area (Å²) in [4.78, 5) is 25.0. The van der Waals surface area contributed by atoms with Gasteiger partial charge in [0.25, 0.3) is 0 Å². The maximum absolute atomic E-state index is 12.0. The number of pyridine rings is 1. The monoisotopic (exact) mass is 440 g/mol. The maximum atomic E-state index is 12.0. The molecule has 2 aliphatic heterocycles. The van der Waals surface area contributed by atoms with Gasteiger partial charge in [-0.2, -0.15) is 0 Å². The van der Waals surface area contributed by atoms with Gasteiger partial charge < -0.3 is 20.4 Å². The van der Waals surface area contributed by atoms with Crippen LogP contribution in [0, 0.1) is 0 Å². The quantitative estimate of drug-likeness (QED) is 0.533. The molecule has 0 radical (unpaired) electrons. The van der Waals surface area contributed by atoms with Crippen LogP contribution in [0.5, 0.6) is 0 Å². The number of hydrogen-bond acceptors (Lipinski definition) is 4. The first-order valence-corrected chi connectivity index (χ1v) is 11.2. The third-order valence-corrected chi connectivity index (χ3v) is 6.18. The molecule has 1 aromatic heterocycles. The Balaban J connectivity index is 1.33. The van der Waals surface area contributed by atoms with E-state index in [0.29, 0.717) is 24.5 Å². The van der Waals surface area contributed by atoms with Crippen LogP contribution in [-0.4, -0.2) is 54.5 Å². The smallest absolute Gasteiger partial charge is 0.222 e. The highest BCUT2D eigenvalue weighted by Gasteiger charge is 2.25. The molecular formula is C23H29ClN6O. The molecule has 2 fully saturated rings. The Morgan fingerprint density at radius 2 is 2.06 bits per heavy atom. The number of hydrogen-bond donors (Lipinski definition) is 2.